The molecule has 0 unspecified atom stereocenters. The van der Waals surface area contributed by atoms with Gasteiger partial charge in [-0.05, 0) is 26.2 Å². The molecule has 0 aliphatic rings. The van der Waals surface area contributed by atoms with Gasteiger partial charge in [0.05, 0.1) is 6.67 Å². The second kappa shape index (κ2) is 3.98. The molecule has 0 bridgehead atoms. The standard InChI is InChI=1S/C9H14N2/c1-11(2)8-10-9-6-4-3-5-7-9/h3-7,10H,8H2,1-2H3. The maximum atomic E-state index is 3.27. The highest BCUT2D eigenvalue weighted by molar-refractivity contribution is 5.41. The molecule has 11 heavy (non-hydrogen) atoms. The second-order valence-electron chi connectivity index (χ2n) is 2.78. The molecule has 0 aliphatic carbocycles. The van der Waals surface area contributed by atoms with Gasteiger partial charge in [-0.1, -0.05) is 18.2 Å². The van der Waals surface area contributed by atoms with Gasteiger partial charge in [-0.2, -0.15) is 0 Å². The molecule has 0 fully saturated rings. The molecule has 0 saturated heterocycles. The van der Waals surface area contributed by atoms with Gasteiger partial charge in [0, 0.05) is 5.69 Å². The van der Waals surface area contributed by atoms with E-state index < -0.39 is 0 Å². The van der Waals surface area contributed by atoms with E-state index in [1.54, 1.807) is 0 Å². The number of para-hydroxylation sites is 1. The van der Waals surface area contributed by atoms with Gasteiger partial charge in [-0.25, -0.2) is 0 Å². The van der Waals surface area contributed by atoms with Crippen LogP contribution in [0.25, 0.3) is 0 Å². The van der Waals surface area contributed by atoms with Crippen molar-refractivity contribution in [3.05, 3.63) is 30.3 Å². The predicted octanol–water partition coefficient (Wildman–Crippen LogP) is 1.62. The first-order chi connectivity index (χ1) is 5.29. The molecule has 0 heterocycles. The third-order valence-electron chi connectivity index (χ3n) is 1.37. The monoisotopic (exact) mass is 150 g/mol. The Hall–Kier alpha value is -1.02. The fourth-order valence-corrected chi connectivity index (χ4v) is 0.805. The molecule has 0 atom stereocenters. The first-order valence-corrected chi connectivity index (χ1v) is 3.72. The van der Waals surface area contributed by atoms with Gasteiger partial charge in [-0.3, -0.25) is 4.90 Å². The summed E-state index contributed by atoms with van der Waals surface area (Å²) in [5.74, 6) is 0. The lowest BCUT2D eigenvalue weighted by Gasteiger charge is -2.11. The van der Waals surface area contributed by atoms with Crippen LogP contribution in [-0.2, 0) is 0 Å². The van der Waals surface area contributed by atoms with E-state index >= 15 is 0 Å². The fraction of sp³-hybridized carbons (Fsp3) is 0.333. The van der Waals surface area contributed by atoms with Crippen LogP contribution in [0.15, 0.2) is 30.3 Å². The lowest BCUT2D eigenvalue weighted by Crippen LogP contribution is -2.20. The normalized spacial score (nSPS) is 10.1. The summed E-state index contributed by atoms with van der Waals surface area (Å²) in [6.45, 7) is 0.879. The highest BCUT2D eigenvalue weighted by Gasteiger charge is 1.88. The van der Waals surface area contributed by atoms with Crippen LogP contribution in [0.2, 0.25) is 0 Å². The molecule has 0 amide bonds. The van der Waals surface area contributed by atoms with Gasteiger partial charge in [0.1, 0.15) is 0 Å². The van der Waals surface area contributed by atoms with Gasteiger partial charge >= 0.3 is 0 Å². The van der Waals surface area contributed by atoms with Crippen molar-refractivity contribution in [2.24, 2.45) is 0 Å². The molecule has 1 aromatic carbocycles. The van der Waals surface area contributed by atoms with Crippen molar-refractivity contribution in [1.29, 1.82) is 0 Å². The summed E-state index contributed by atoms with van der Waals surface area (Å²) in [5.41, 5.74) is 1.17. The van der Waals surface area contributed by atoms with Crippen LogP contribution in [0.5, 0.6) is 0 Å². The molecule has 0 spiro atoms. The zero-order valence-corrected chi connectivity index (χ0v) is 7.04. The van der Waals surface area contributed by atoms with Gasteiger partial charge in [0.2, 0.25) is 0 Å². The van der Waals surface area contributed by atoms with E-state index in [1.165, 1.54) is 5.69 Å². The highest BCUT2D eigenvalue weighted by atomic mass is 15.2. The van der Waals surface area contributed by atoms with Crippen LogP contribution in [0.1, 0.15) is 0 Å². The summed E-state index contributed by atoms with van der Waals surface area (Å²) in [4.78, 5) is 2.09. The topological polar surface area (TPSA) is 15.3 Å². The van der Waals surface area contributed by atoms with Crippen LogP contribution in [0.3, 0.4) is 0 Å². The van der Waals surface area contributed by atoms with Gasteiger partial charge < -0.3 is 5.32 Å². The zero-order chi connectivity index (χ0) is 8.10. The molecule has 0 radical (unpaired) electrons. The van der Waals surface area contributed by atoms with Crippen LogP contribution in [-0.4, -0.2) is 25.7 Å². The SMILES string of the molecule is CN(C)CNc1ccccc1. The van der Waals surface area contributed by atoms with E-state index in [9.17, 15) is 0 Å². The molecule has 60 valence electrons. The van der Waals surface area contributed by atoms with Crippen molar-refractivity contribution in [2.45, 2.75) is 0 Å². The van der Waals surface area contributed by atoms with Crippen molar-refractivity contribution in [1.82, 2.24) is 4.90 Å². The van der Waals surface area contributed by atoms with E-state index in [1.807, 2.05) is 32.3 Å². The Kier molecular flexibility index (Phi) is 2.93. The van der Waals surface area contributed by atoms with Crippen LogP contribution >= 0.6 is 0 Å². The van der Waals surface area contributed by atoms with E-state index in [-0.39, 0.29) is 0 Å². The molecule has 0 saturated carbocycles. The quantitative estimate of drug-likeness (QED) is 0.659. The molecule has 1 rings (SSSR count). The van der Waals surface area contributed by atoms with Crippen molar-refractivity contribution >= 4 is 5.69 Å². The number of anilines is 1. The maximum Gasteiger partial charge on any atom is 0.0673 e. The molecular formula is C9H14N2. The second-order valence-corrected chi connectivity index (χ2v) is 2.78. The predicted molar refractivity (Wildman–Crippen MR) is 48.6 cm³/mol. The molecule has 0 aliphatic heterocycles. The number of benzene rings is 1. The van der Waals surface area contributed by atoms with Crippen LogP contribution in [0.4, 0.5) is 5.69 Å². The minimum atomic E-state index is 0.879. The minimum Gasteiger partial charge on any atom is -0.372 e. The maximum absolute atomic E-state index is 3.27. The van der Waals surface area contributed by atoms with E-state index in [0.29, 0.717) is 0 Å². The van der Waals surface area contributed by atoms with Crippen molar-refractivity contribution in [3.8, 4) is 0 Å². The fourth-order valence-electron chi connectivity index (χ4n) is 0.805. The zero-order valence-electron chi connectivity index (χ0n) is 7.04. The summed E-state index contributed by atoms with van der Waals surface area (Å²) in [6.07, 6.45) is 0. The third kappa shape index (κ3) is 3.05. The summed E-state index contributed by atoms with van der Waals surface area (Å²) >= 11 is 0. The number of hydrogen-bond donors (Lipinski definition) is 1. The highest BCUT2D eigenvalue weighted by Crippen LogP contribution is 2.03. The van der Waals surface area contributed by atoms with Crippen molar-refractivity contribution in [3.63, 3.8) is 0 Å². The number of rotatable bonds is 3. The summed E-state index contributed by atoms with van der Waals surface area (Å²) < 4.78 is 0. The average molecular weight is 150 g/mol. The minimum absolute atomic E-state index is 0.879. The number of hydrogen-bond acceptors (Lipinski definition) is 2. The van der Waals surface area contributed by atoms with Gasteiger partial charge in [-0.15, -0.1) is 0 Å². The average Bonchev–Trinajstić information content (AvgIpc) is 2.03. The lowest BCUT2D eigenvalue weighted by atomic mass is 10.3. The van der Waals surface area contributed by atoms with E-state index in [4.69, 9.17) is 0 Å². The van der Waals surface area contributed by atoms with E-state index in [2.05, 4.69) is 22.3 Å². The van der Waals surface area contributed by atoms with Gasteiger partial charge in [0.25, 0.3) is 0 Å². The van der Waals surface area contributed by atoms with E-state index in [0.717, 1.165) is 6.67 Å². The largest absolute Gasteiger partial charge is 0.372 e. The Balaban J connectivity index is 2.39. The molecule has 1 aromatic rings. The molecule has 1 N–H and O–H groups in total. The lowest BCUT2D eigenvalue weighted by molar-refractivity contribution is 0.440. The van der Waals surface area contributed by atoms with Crippen molar-refractivity contribution < 1.29 is 0 Å². The number of nitrogens with one attached hydrogen (secondary N) is 1. The van der Waals surface area contributed by atoms with Gasteiger partial charge in [0.15, 0.2) is 0 Å². The Morgan fingerprint density at radius 1 is 1.18 bits per heavy atom. The first-order valence-electron chi connectivity index (χ1n) is 3.72. The summed E-state index contributed by atoms with van der Waals surface area (Å²) in [7, 11) is 4.08. The Morgan fingerprint density at radius 3 is 2.36 bits per heavy atom. The third-order valence-corrected chi connectivity index (χ3v) is 1.37. The summed E-state index contributed by atoms with van der Waals surface area (Å²) in [6, 6.07) is 10.2. The molecule has 2 nitrogen and oxygen atoms in total. The first kappa shape index (κ1) is 8.08. The Bertz CT molecular complexity index is 194. The summed E-state index contributed by atoms with van der Waals surface area (Å²) in [5, 5.41) is 3.27. The Labute approximate surface area is 67.8 Å². The van der Waals surface area contributed by atoms with Crippen LogP contribution in [0, 0.1) is 0 Å². The smallest absolute Gasteiger partial charge is 0.0673 e. The molecule has 2 heteroatoms. The van der Waals surface area contributed by atoms with Crippen LogP contribution < -0.4 is 5.32 Å². The molecule has 0 aromatic heterocycles. The van der Waals surface area contributed by atoms with Crippen molar-refractivity contribution in [2.75, 3.05) is 26.1 Å². The molecular weight excluding hydrogens is 136 g/mol. The Morgan fingerprint density at radius 2 is 1.82 bits per heavy atom. The number of nitrogens with zero attached hydrogens (tertiary/aromatic N) is 1.